The second kappa shape index (κ2) is 4.42. The minimum atomic E-state index is -4.79. The predicted octanol–water partition coefficient (Wildman–Crippen LogP) is 1.71. The molecule has 0 spiro atoms. The lowest BCUT2D eigenvalue weighted by atomic mass is 10.0. The molecule has 92 valence electrons. The molecule has 0 aromatic heterocycles. The maximum absolute atomic E-state index is 12.4. The Morgan fingerprint density at radius 3 is 2.35 bits per heavy atom. The summed E-state index contributed by atoms with van der Waals surface area (Å²) in [5.41, 5.74) is -1.04. The van der Waals surface area contributed by atoms with Crippen LogP contribution in [0, 0.1) is 5.41 Å². The van der Waals surface area contributed by atoms with Gasteiger partial charge in [-0.25, -0.2) is 4.79 Å². The van der Waals surface area contributed by atoms with Crippen molar-refractivity contribution in [1.82, 2.24) is 5.48 Å². The highest BCUT2D eigenvalue weighted by Gasteiger charge is 2.35. The van der Waals surface area contributed by atoms with Gasteiger partial charge in [-0.2, -0.15) is 13.2 Å². The number of carboxylic acids is 1. The molecule has 0 amide bonds. The van der Waals surface area contributed by atoms with Crippen molar-refractivity contribution in [3.05, 3.63) is 34.9 Å². The summed E-state index contributed by atoms with van der Waals surface area (Å²) in [7, 11) is 0. The summed E-state index contributed by atoms with van der Waals surface area (Å²) in [5.74, 6) is -2.36. The SMILES string of the molecule is N=C(NO)c1ccc(C(F)(F)F)c(C(=O)O)c1. The van der Waals surface area contributed by atoms with E-state index in [9.17, 15) is 18.0 Å². The molecule has 4 N–H and O–H groups in total. The molecule has 0 radical (unpaired) electrons. The first kappa shape index (κ1) is 13.0. The number of hydrogen-bond acceptors (Lipinski definition) is 3. The van der Waals surface area contributed by atoms with Crippen LogP contribution in [0.4, 0.5) is 13.2 Å². The lowest BCUT2D eigenvalue weighted by Crippen LogP contribution is -2.20. The van der Waals surface area contributed by atoms with Gasteiger partial charge in [0, 0.05) is 5.56 Å². The average molecular weight is 248 g/mol. The van der Waals surface area contributed by atoms with Crippen LogP contribution in [0.25, 0.3) is 0 Å². The highest BCUT2D eigenvalue weighted by Crippen LogP contribution is 2.32. The molecule has 1 aromatic carbocycles. The summed E-state index contributed by atoms with van der Waals surface area (Å²) >= 11 is 0. The van der Waals surface area contributed by atoms with Crippen molar-refractivity contribution >= 4 is 11.8 Å². The molecule has 5 nitrogen and oxygen atoms in total. The minimum Gasteiger partial charge on any atom is -0.478 e. The molecular weight excluding hydrogens is 241 g/mol. The Labute approximate surface area is 93.0 Å². The number of rotatable bonds is 2. The van der Waals surface area contributed by atoms with Gasteiger partial charge in [0.25, 0.3) is 0 Å². The van der Waals surface area contributed by atoms with E-state index in [1.807, 2.05) is 0 Å². The number of carbonyl (C=O) groups is 1. The van der Waals surface area contributed by atoms with E-state index >= 15 is 0 Å². The van der Waals surface area contributed by atoms with Crippen LogP contribution in [-0.2, 0) is 6.18 Å². The van der Waals surface area contributed by atoms with Gasteiger partial charge < -0.3 is 5.11 Å². The molecule has 1 aromatic rings. The van der Waals surface area contributed by atoms with Gasteiger partial charge in [-0.05, 0) is 12.1 Å². The molecule has 8 heteroatoms. The van der Waals surface area contributed by atoms with Crippen LogP contribution in [0.1, 0.15) is 21.5 Å². The number of hydrogen-bond donors (Lipinski definition) is 4. The number of amidine groups is 1. The summed E-state index contributed by atoms with van der Waals surface area (Å²) in [6.45, 7) is 0. The van der Waals surface area contributed by atoms with Gasteiger partial charge in [-0.1, -0.05) is 6.07 Å². The van der Waals surface area contributed by atoms with Crippen LogP contribution in [0.15, 0.2) is 18.2 Å². The molecule has 0 unspecified atom stereocenters. The zero-order chi connectivity index (χ0) is 13.2. The first-order chi connectivity index (χ1) is 7.77. The first-order valence-electron chi connectivity index (χ1n) is 4.21. The van der Waals surface area contributed by atoms with E-state index in [1.165, 1.54) is 5.48 Å². The maximum atomic E-state index is 12.4. The van der Waals surface area contributed by atoms with E-state index in [2.05, 4.69) is 0 Å². The van der Waals surface area contributed by atoms with Gasteiger partial charge in [-0.15, -0.1) is 0 Å². The third kappa shape index (κ3) is 2.72. The van der Waals surface area contributed by atoms with Crippen molar-refractivity contribution in [2.24, 2.45) is 0 Å². The second-order valence-corrected chi connectivity index (χ2v) is 3.05. The molecule has 0 heterocycles. The zero-order valence-corrected chi connectivity index (χ0v) is 8.17. The van der Waals surface area contributed by atoms with Crippen LogP contribution in [-0.4, -0.2) is 22.1 Å². The van der Waals surface area contributed by atoms with Crippen molar-refractivity contribution in [2.75, 3.05) is 0 Å². The molecule has 0 aliphatic heterocycles. The molecular formula is C9H7F3N2O3. The van der Waals surface area contributed by atoms with Gasteiger partial charge in [0.2, 0.25) is 0 Å². The predicted molar refractivity (Wildman–Crippen MR) is 50.2 cm³/mol. The monoisotopic (exact) mass is 248 g/mol. The summed E-state index contributed by atoms with van der Waals surface area (Å²) in [5, 5.41) is 24.2. The highest BCUT2D eigenvalue weighted by molar-refractivity contribution is 5.99. The van der Waals surface area contributed by atoms with Crippen LogP contribution >= 0.6 is 0 Å². The number of aromatic carboxylic acids is 1. The van der Waals surface area contributed by atoms with E-state index in [0.717, 1.165) is 6.07 Å². The van der Waals surface area contributed by atoms with E-state index in [1.54, 1.807) is 0 Å². The summed E-state index contributed by atoms with van der Waals surface area (Å²) in [4.78, 5) is 10.7. The summed E-state index contributed by atoms with van der Waals surface area (Å²) < 4.78 is 37.3. The summed E-state index contributed by atoms with van der Waals surface area (Å²) in [6.07, 6.45) is -4.79. The molecule has 0 atom stereocenters. The molecule has 0 aliphatic carbocycles. The Morgan fingerprint density at radius 2 is 1.94 bits per heavy atom. The molecule has 17 heavy (non-hydrogen) atoms. The number of halogens is 3. The van der Waals surface area contributed by atoms with Crippen molar-refractivity contribution in [3.8, 4) is 0 Å². The van der Waals surface area contributed by atoms with Gasteiger partial charge >= 0.3 is 12.1 Å². The van der Waals surface area contributed by atoms with Crippen molar-refractivity contribution in [3.63, 3.8) is 0 Å². The second-order valence-electron chi connectivity index (χ2n) is 3.05. The Hall–Kier alpha value is -2.09. The Morgan fingerprint density at radius 1 is 1.35 bits per heavy atom. The molecule has 0 fully saturated rings. The largest absolute Gasteiger partial charge is 0.478 e. The number of hydroxylamine groups is 1. The first-order valence-corrected chi connectivity index (χ1v) is 4.21. The van der Waals surface area contributed by atoms with E-state index in [-0.39, 0.29) is 5.56 Å². The van der Waals surface area contributed by atoms with Gasteiger partial charge in [0.05, 0.1) is 11.1 Å². The lowest BCUT2D eigenvalue weighted by molar-refractivity contribution is -0.138. The summed E-state index contributed by atoms with van der Waals surface area (Å²) in [6, 6.07) is 2.10. The van der Waals surface area contributed by atoms with E-state index in [4.69, 9.17) is 15.7 Å². The van der Waals surface area contributed by atoms with Gasteiger partial charge in [-0.3, -0.25) is 16.1 Å². The van der Waals surface area contributed by atoms with Crippen LogP contribution in [0.2, 0.25) is 0 Å². The van der Waals surface area contributed by atoms with Crippen molar-refractivity contribution in [2.45, 2.75) is 6.18 Å². The minimum absolute atomic E-state index is 0.169. The average Bonchev–Trinajstić information content (AvgIpc) is 2.25. The Bertz CT molecular complexity index is 471. The van der Waals surface area contributed by atoms with Crippen molar-refractivity contribution in [1.29, 1.82) is 5.41 Å². The van der Waals surface area contributed by atoms with E-state index in [0.29, 0.717) is 12.1 Å². The van der Waals surface area contributed by atoms with Gasteiger partial charge in [0.1, 0.15) is 5.84 Å². The standard InChI is InChI=1S/C9H7F3N2O3/c10-9(11,12)6-2-1-4(7(13)14-17)3-5(6)8(15)16/h1-3,17H,(H2,13,14)(H,15,16). The lowest BCUT2D eigenvalue weighted by Gasteiger charge is -2.11. The molecule has 0 saturated carbocycles. The Balaban J connectivity index is 3.37. The number of carboxylic acid groups (broad SMARTS) is 1. The number of alkyl halides is 3. The number of nitrogens with one attached hydrogen (secondary N) is 2. The van der Waals surface area contributed by atoms with Gasteiger partial charge in [0.15, 0.2) is 0 Å². The molecule has 0 aliphatic rings. The van der Waals surface area contributed by atoms with Crippen LogP contribution in [0.5, 0.6) is 0 Å². The fourth-order valence-corrected chi connectivity index (χ4v) is 1.19. The fraction of sp³-hybridized carbons (Fsp3) is 0.111. The molecule has 1 rings (SSSR count). The molecule has 0 saturated heterocycles. The van der Waals surface area contributed by atoms with E-state index < -0.39 is 29.1 Å². The molecule has 0 bridgehead atoms. The number of benzene rings is 1. The van der Waals surface area contributed by atoms with Crippen LogP contribution in [0.3, 0.4) is 0 Å². The smallest absolute Gasteiger partial charge is 0.417 e. The normalized spacial score (nSPS) is 11.1. The zero-order valence-electron chi connectivity index (χ0n) is 8.17. The topological polar surface area (TPSA) is 93.4 Å². The van der Waals surface area contributed by atoms with Crippen LogP contribution < -0.4 is 5.48 Å². The fourth-order valence-electron chi connectivity index (χ4n) is 1.19. The maximum Gasteiger partial charge on any atom is 0.417 e. The van der Waals surface area contributed by atoms with Crippen molar-refractivity contribution < 1.29 is 28.3 Å². The highest BCUT2D eigenvalue weighted by atomic mass is 19.4. The third-order valence-corrected chi connectivity index (χ3v) is 1.96. The quantitative estimate of drug-likeness (QED) is 0.364. The Kier molecular flexibility index (Phi) is 3.37. The third-order valence-electron chi connectivity index (χ3n) is 1.96.